The molecule has 0 radical (unpaired) electrons. The van der Waals surface area contributed by atoms with Crippen molar-refractivity contribution < 1.29 is 22.7 Å². The summed E-state index contributed by atoms with van der Waals surface area (Å²) in [6.45, 7) is 1.90. The number of aryl methyl sites for hydroxylation is 1. The lowest BCUT2D eigenvalue weighted by atomic mass is 10.1. The highest BCUT2D eigenvalue weighted by atomic mass is 32.2. The van der Waals surface area contributed by atoms with Crippen molar-refractivity contribution in [2.75, 3.05) is 21.3 Å². The van der Waals surface area contributed by atoms with Crippen LogP contribution < -0.4 is 19.5 Å². The summed E-state index contributed by atoms with van der Waals surface area (Å²) in [5.41, 5.74) is 1.80. The molecule has 2 aromatic carbocycles. The van der Waals surface area contributed by atoms with Gasteiger partial charge in [-0.1, -0.05) is 18.2 Å². The molecule has 28 heavy (non-hydrogen) atoms. The standard InChI is InChI=1S/C20H26N2O5S/c1-14(16-8-11-18(26-3)19(13-16)27-4)22-20(23)12-7-15-5-9-17(10-6-15)28(24,25)21-2/h5-6,8-11,13-14,21H,7,12H2,1-4H3,(H,22,23)/t14-/m0/s1. The normalized spacial score (nSPS) is 12.3. The highest BCUT2D eigenvalue weighted by Gasteiger charge is 2.14. The minimum atomic E-state index is -3.45. The molecule has 0 bridgehead atoms. The van der Waals surface area contributed by atoms with Crippen LogP contribution in [-0.4, -0.2) is 35.6 Å². The number of carbonyl (C=O) groups excluding carboxylic acids is 1. The number of methoxy groups -OCH3 is 2. The van der Waals surface area contributed by atoms with Crippen LogP contribution in [0.2, 0.25) is 0 Å². The van der Waals surface area contributed by atoms with E-state index < -0.39 is 10.0 Å². The van der Waals surface area contributed by atoms with E-state index in [0.717, 1.165) is 11.1 Å². The first-order chi connectivity index (χ1) is 13.3. The van der Waals surface area contributed by atoms with E-state index in [1.807, 2.05) is 19.1 Å². The van der Waals surface area contributed by atoms with Crippen molar-refractivity contribution in [3.8, 4) is 11.5 Å². The van der Waals surface area contributed by atoms with Gasteiger partial charge in [-0.2, -0.15) is 0 Å². The number of hydrogen-bond donors (Lipinski definition) is 2. The maximum Gasteiger partial charge on any atom is 0.240 e. The van der Waals surface area contributed by atoms with Crippen LogP contribution in [0.4, 0.5) is 0 Å². The maximum absolute atomic E-state index is 12.3. The molecule has 2 rings (SSSR count). The van der Waals surface area contributed by atoms with Gasteiger partial charge in [-0.05, 0) is 55.8 Å². The van der Waals surface area contributed by atoms with Gasteiger partial charge in [0.1, 0.15) is 0 Å². The van der Waals surface area contributed by atoms with Crippen LogP contribution in [0.25, 0.3) is 0 Å². The number of carbonyl (C=O) groups is 1. The van der Waals surface area contributed by atoms with E-state index in [-0.39, 0.29) is 16.8 Å². The van der Waals surface area contributed by atoms with Crippen molar-refractivity contribution in [1.29, 1.82) is 0 Å². The molecule has 0 aromatic heterocycles. The Hall–Kier alpha value is -2.58. The molecule has 2 aromatic rings. The van der Waals surface area contributed by atoms with Crippen LogP contribution in [0.5, 0.6) is 11.5 Å². The maximum atomic E-state index is 12.3. The lowest BCUT2D eigenvalue weighted by Gasteiger charge is -2.16. The second-order valence-electron chi connectivity index (χ2n) is 6.26. The quantitative estimate of drug-likeness (QED) is 0.667. The van der Waals surface area contributed by atoms with Crippen LogP contribution in [-0.2, 0) is 21.2 Å². The van der Waals surface area contributed by atoms with E-state index >= 15 is 0 Å². The predicted octanol–water partition coefficient (Wildman–Crippen LogP) is 2.42. The van der Waals surface area contributed by atoms with E-state index in [1.165, 1.54) is 19.2 Å². The number of ether oxygens (including phenoxy) is 2. The van der Waals surface area contributed by atoms with Crippen molar-refractivity contribution in [2.24, 2.45) is 0 Å². The molecule has 0 aliphatic heterocycles. The van der Waals surface area contributed by atoms with Gasteiger partial charge < -0.3 is 14.8 Å². The van der Waals surface area contributed by atoms with Crippen molar-refractivity contribution in [2.45, 2.75) is 30.7 Å². The van der Waals surface area contributed by atoms with E-state index in [1.54, 1.807) is 32.4 Å². The molecule has 0 aliphatic rings. The van der Waals surface area contributed by atoms with Gasteiger partial charge in [-0.3, -0.25) is 4.79 Å². The summed E-state index contributed by atoms with van der Waals surface area (Å²) in [6, 6.07) is 11.8. The van der Waals surface area contributed by atoms with Gasteiger partial charge >= 0.3 is 0 Å². The Labute approximate surface area is 166 Å². The third-order valence-corrected chi connectivity index (χ3v) is 5.86. The molecular formula is C20H26N2O5S. The summed E-state index contributed by atoms with van der Waals surface area (Å²) < 4.78 is 36.2. The molecule has 7 nitrogen and oxygen atoms in total. The Morgan fingerprint density at radius 3 is 2.25 bits per heavy atom. The zero-order valence-corrected chi connectivity index (χ0v) is 17.3. The van der Waals surface area contributed by atoms with Gasteiger partial charge in [0, 0.05) is 6.42 Å². The molecule has 1 amide bonds. The minimum absolute atomic E-state index is 0.0887. The van der Waals surface area contributed by atoms with Gasteiger partial charge in [0.05, 0.1) is 25.2 Å². The van der Waals surface area contributed by atoms with E-state index in [2.05, 4.69) is 10.0 Å². The van der Waals surface area contributed by atoms with Gasteiger partial charge in [0.2, 0.25) is 15.9 Å². The average Bonchev–Trinajstić information content (AvgIpc) is 2.71. The Morgan fingerprint density at radius 2 is 1.68 bits per heavy atom. The topological polar surface area (TPSA) is 93.7 Å². The monoisotopic (exact) mass is 406 g/mol. The Bertz CT molecular complexity index is 911. The van der Waals surface area contributed by atoms with E-state index in [0.29, 0.717) is 24.3 Å². The summed E-state index contributed by atoms with van der Waals surface area (Å²) in [5.74, 6) is 1.15. The average molecular weight is 407 g/mol. The van der Waals surface area contributed by atoms with Gasteiger partial charge in [0.25, 0.3) is 0 Å². The Kier molecular flexibility index (Phi) is 7.42. The van der Waals surface area contributed by atoms with Gasteiger partial charge in [0.15, 0.2) is 11.5 Å². The highest BCUT2D eigenvalue weighted by molar-refractivity contribution is 7.89. The van der Waals surface area contributed by atoms with Crippen molar-refractivity contribution in [1.82, 2.24) is 10.0 Å². The molecular weight excluding hydrogens is 380 g/mol. The van der Waals surface area contributed by atoms with E-state index in [9.17, 15) is 13.2 Å². The third kappa shape index (κ3) is 5.46. The number of amides is 1. The van der Waals surface area contributed by atoms with Crippen LogP contribution in [0.15, 0.2) is 47.4 Å². The van der Waals surface area contributed by atoms with Crippen molar-refractivity contribution in [3.63, 3.8) is 0 Å². The smallest absolute Gasteiger partial charge is 0.240 e. The van der Waals surface area contributed by atoms with Crippen molar-refractivity contribution >= 4 is 15.9 Å². The molecule has 0 aliphatic carbocycles. The summed E-state index contributed by atoms with van der Waals surface area (Å²) in [5, 5.41) is 2.96. The number of nitrogens with one attached hydrogen (secondary N) is 2. The van der Waals surface area contributed by atoms with Crippen LogP contribution in [0.1, 0.15) is 30.5 Å². The predicted molar refractivity (Wildman–Crippen MR) is 107 cm³/mol. The highest BCUT2D eigenvalue weighted by Crippen LogP contribution is 2.29. The molecule has 0 unspecified atom stereocenters. The van der Waals surface area contributed by atoms with Gasteiger partial charge in [-0.15, -0.1) is 0 Å². The first-order valence-corrected chi connectivity index (χ1v) is 10.3. The summed E-state index contributed by atoms with van der Waals surface area (Å²) in [6.07, 6.45) is 0.820. The number of benzene rings is 2. The lowest BCUT2D eigenvalue weighted by molar-refractivity contribution is -0.121. The van der Waals surface area contributed by atoms with Crippen LogP contribution in [0.3, 0.4) is 0 Å². The molecule has 8 heteroatoms. The SMILES string of the molecule is CNS(=O)(=O)c1ccc(CCC(=O)N[C@@H](C)c2ccc(OC)c(OC)c2)cc1. The molecule has 0 spiro atoms. The van der Waals surface area contributed by atoms with Crippen LogP contribution >= 0.6 is 0 Å². The molecule has 1 atom stereocenters. The summed E-state index contributed by atoms with van der Waals surface area (Å²) in [7, 11) is 1.06. The fourth-order valence-corrected chi connectivity index (χ4v) is 3.46. The number of hydrogen-bond acceptors (Lipinski definition) is 5. The first kappa shape index (κ1) is 21.7. The second kappa shape index (κ2) is 9.57. The Morgan fingerprint density at radius 1 is 1.04 bits per heavy atom. The van der Waals surface area contributed by atoms with Gasteiger partial charge in [-0.25, -0.2) is 13.1 Å². The molecule has 0 fully saturated rings. The fraction of sp³-hybridized carbons (Fsp3) is 0.350. The largest absolute Gasteiger partial charge is 0.493 e. The second-order valence-corrected chi connectivity index (χ2v) is 8.14. The van der Waals surface area contributed by atoms with E-state index in [4.69, 9.17) is 9.47 Å². The molecule has 0 saturated heterocycles. The molecule has 152 valence electrons. The molecule has 0 heterocycles. The minimum Gasteiger partial charge on any atom is -0.493 e. The zero-order chi connectivity index (χ0) is 20.7. The lowest BCUT2D eigenvalue weighted by Crippen LogP contribution is -2.26. The van der Waals surface area contributed by atoms with Crippen LogP contribution in [0, 0.1) is 0 Å². The summed E-state index contributed by atoms with van der Waals surface area (Å²) >= 11 is 0. The molecule has 0 saturated carbocycles. The zero-order valence-electron chi connectivity index (χ0n) is 16.5. The third-order valence-electron chi connectivity index (χ3n) is 4.43. The number of sulfonamides is 1. The summed E-state index contributed by atoms with van der Waals surface area (Å²) in [4.78, 5) is 12.5. The Balaban J connectivity index is 1.93. The fourth-order valence-electron chi connectivity index (χ4n) is 2.73. The first-order valence-electron chi connectivity index (χ1n) is 8.84. The number of rotatable bonds is 9. The molecule has 2 N–H and O–H groups in total. The van der Waals surface area contributed by atoms with Crippen molar-refractivity contribution in [3.05, 3.63) is 53.6 Å².